The first-order valence-electron chi connectivity index (χ1n) is 11.8. The van der Waals surface area contributed by atoms with Crippen LogP contribution in [0.3, 0.4) is 0 Å². The van der Waals surface area contributed by atoms with E-state index in [4.69, 9.17) is 11.6 Å². The lowest BCUT2D eigenvalue weighted by molar-refractivity contribution is -0.121. The fraction of sp³-hybridized carbons (Fsp3) is 0.296. The minimum absolute atomic E-state index is 0.0440. The van der Waals surface area contributed by atoms with Crippen molar-refractivity contribution < 1.29 is 4.79 Å². The number of benzene rings is 2. The highest BCUT2D eigenvalue weighted by Gasteiger charge is 2.21. The summed E-state index contributed by atoms with van der Waals surface area (Å²) in [4.78, 5) is 28.0. The Balaban J connectivity index is 1.59. The molecule has 0 saturated carbocycles. The van der Waals surface area contributed by atoms with Gasteiger partial charge in [-0.1, -0.05) is 74.0 Å². The minimum atomic E-state index is -0.225. The van der Waals surface area contributed by atoms with E-state index < -0.39 is 0 Å². The lowest BCUT2D eigenvalue weighted by atomic mass is 10.0. The van der Waals surface area contributed by atoms with Crippen LogP contribution >= 0.6 is 11.6 Å². The molecule has 1 N–H and O–H groups in total. The molecule has 0 saturated heterocycles. The van der Waals surface area contributed by atoms with Crippen molar-refractivity contribution >= 4 is 23.2 Å². The van der Waals surface area contributed by atoms with Gasteiger partial charge in [-0.15, -0.1) is 0 Å². The average Bonchev–Trinajstić information content (AvgIpc) is 3.32. The van der Waals surface area contributed by atoms with Crippen LogP contribution < -0.4 is 10.9 Å². The predicted octanol–water partition coefficient (Wildman–Crippen LogP) is 4.32. The number of nitrogens with one attached hydrogen (secondary N) is 1. The maximum absolute atomic E-state index is 13.1. The molecule has 0 radical (unpaired) electrons. The third kappa shape index (κ3) is 5.31. The zero-order chi connectivity index (χ0) is 24.9. The molecule has 4 rings (SSSR count). The van der Waals surface area contributed by atoms with Crippen LogP contribution in [0, 0.1) is 6.92 Å². The van der Waals surface area contributed by atoms with Gasteiger partial charge in [-0.2, -0.15) is 9.61 Å². The summed E-state index contributed by atoms with van der Waals surface area (Å²) in [5.41, 5.74) is 3.63. The molecule has 0 aliphatic rings. The number of carbonyl (C=O) groups is 1. The SMILES string of the molecule is CCN(CC)[C@H](CNC(=O)Cn1c(C)cc(=O)n2nc(-c3ccccc3)cc12)c1ccccc1Cl. The van der Waals surface area contributed by atoms with Crippen LogP contribution in [0.15, 0.2) is 71.5 Å². The smallest absolute Gasteiger partial charge is 0.274 e. The highest BCUT2D eigenvalue weighted by Crippen LogP contribution is 2.27. The van der Waals surface area contributed by atoms with E-state index in [1.807, 2.05) is 72.2 Å². The Bertz CT molecular complexity index is 1380. The quantitative estimate of drug-likeness (QED) is 0.378. The van der Waals surface area contributed by atoms with Gasteiger partial charge in [0.2, 0.25) is 5.91 Å². The molecule has 2 aromatic heterocycles. The molecule has 0 bridgehead atoms. The molecule has 0 aliphatic heterocycles. The fourth-order valence-corrected chi connectivity index (χ4v) is 4.70. The maximum atomic E-state index is 13.1. The van der Waals surface area contributed by atoms with Crippen molar-refractivity contribution in [3.63, 3.8) is 0 Å². The van der Waals surface area contributed by atoms with E-state index >= 15 is 0 Å². The summed E-state index contributed by atoms with van der Waals surface area (Å²) < 4.78 is 3.17. The Labute approximate surface area is 210 Å². The number of nitrogens with zero attached hydrogens (tertiary/aromatic N) is 4. The first kappa shape index (κ1) is 24.7. The molecular weight excluding hydrogens is 462 g/mol. The summed E-state index contributed by atoms with van der Waals surface area (Å²) in [6.45, 7) is 8.18. The maximum Gasteiger partial charge on any atom is 0.274 e. The number of amides is 1. The van der Waals surface area contributed by atoms with E-state index in [9.17, 15) is 9.59 Å². The molecule has 2 heterocycles. The molecule has 182 valence electrons. The Morgan fingerprint density at radius 2 is 1.74 bits per heavy atom. The van der Waals surface area contributed by atoms with E-state index in [0.29, 0.717) is 28.6 Å². The average molecular weight is 492 g/mol. The highest BCUT2D eigenvalue weighted by atomic mass is 35.5. The van der Waals surface area contributed by atoms with Gasteiger partial charge in [0.1, 0.15) is 12.2 Å². The summed E-state index contributed by atoms with van der Waals surface area (Å²) >= 11 is 6.49. The fourth-order valence-electron chi connectivity index (χ4n) is 4.44. The lowest BCUT2D eigenvalue weighted by Gasteiger charge is -2.31. The van der Waals surface area contributed by atoms with E-state index in [0.717, 1.165) is 24.2 Å². The van der Waals surface area contributed by atoms with Crippen molar-refractivity contribution in [3.8, 4) is 11.3 Å². The van der Waals surface area contributed by atoms with Gasteiger partial charge in [-0.3, -0.25) is 14.5 Å². The second-order valence-corrected chi connectivity index (χ2v) is 8.85. The van der Waals surface area contributed by atoms with Gasteiger partial charge < -0.3 is 9.88 Å². The third-order valence-corrected chi connectivity index (χ3v) is 6.66. The predicted molar refractivity (Wildman–Crippen MR) is 140 cm³/mol. The van der Waals surface area contributed by atoms with Crippen LogP contribution in [-0.4, -0.2) is 44.6 Å². The van der Waals surface area contributed by atoms with Gasteiger partial charge in [-0.05, 0) is 31.6 Å². The number of aryl methyl sites for hydroxylation is 1. The molecule has 35 heavy (non-hydrogen) atoms. The molecule has 0 unspecified atom stereocenters. The lowest BCUT2D eigenvalue weighted by Crippen LogP contribution is -2.39. The largest absolute Gasteiger partial charge is 0.353 e. The van der Waals surface area contributed by atoms with Gasteiger partial charge in [0.25, 0.3) is 5.56 Å². The number of halogens is 1. The first-order valence-corrected chi connectivity index (χ1v) is 12.2. The standard InChI is InChI=1S/C27H30ClN5O2/c1-4-31(5-2)24(21-13-9-10-14-22(21)28)17-29-25(34)18-32-19(3)15-27(35)33-26(32)16-23(30-33)20-11-7-6-8-12-20/h6-16,24H,4-5,17-18H2,1-3H3,(H,29,34)/t24-/m1/s1. The monoisotopic (exact) mass is 491 g/mol. The molecule has 0 fully saturated rings. The topological polar surface area (TPSA) is 71.6 Å². The zero-order valence-electron chi connectivity index (χ0n) is 20.2. The van der Waals surface area contributed by atoms with Crippen LogP contribution in [0.2, 0.25) is 5.02 Å². The summed E-state index contributed by atoms with van der Waals surface area (Å²) in [5.74, 6) is -0.148. The van der Waals surface area contributed by atoms with Crippen molar-refractivity contribution in [2.45, 2.75) is 33.4 Å². The normalized spacial score (nSPS) is 12.3. The van der Waals surface area contributed by atoms with E-state index in [1.165, 1.54) is 10.6 Å². The van der Waals surface area contributed by atoms with Gasteiger partial charge in [0.15, 0.2) is 0 Å². The summed E-state index contributed by atoms with van der Waals surface area (Å²) in [7, 11) is 0. The molecule has 1 atom stereocenters. The van der Waals surface area contributed by atoms with Crippen LogP contribution in [0.25, 0.3) is 16.9 Å². The molecule has 4 aromatic rings. The van der Waals surface area contributed by atoms with Crippen LogP contribution in [0.5, 0.6) is 0 Å². The van der Waals surface area contributed by atoms with Crippen molar-refractivity contribution in [3.05, 3.63) is 93.4 Å². The summed E-state index contributed by atoms with van der Waals surface area (Å²) in [6, 6.07) is 20.7. The Hall–Kier alpha value is -3.42. The number of hydrogen-bond donors (Lipinski definition) is 1. The van der Waals surface area contributed by atoms with Gasteiger partial charge >= 0.3 is 0 Å². The number of carbonyl (C=O) groups excluding carboxylic acids is 1. The van der Waals surface area contributed by atoms with Crippen molar-refractivity contribution in [2.75, 3.05) is 19.6 Å². The van der Waals surface area contributed by atoms with Crippen molar-refractivity contribution in [1.29, 1.82) is 0 Å². The first-order chi connectivity index (χ1) is 16.9. The molecular formula is C27H30ClN5O2. The summed E-state index contributed by atoms with van der Waals surface area (Å²) in [6.07, 6.45) is 0. The second kappa shape index (κ2) is 10.9. The van der Waals surface area contributed by atoms with E-state index in [1.54, 1.807) is 0 Å². The van der Waals surface area contributed by atoms with E-state index in [-0.39, 0.29) is 24.1 Å². The van der Waals surface area contributed by atoms with Crippen molar-refractivity contribution in [2.24, 2.45) is 0 Å². The Kier molecular flexibility index (Phi) is 7.68. The molecule has 2 aromatic carbocycles. The summed E-state index contributed by atoms with van der Waals surface area (Å²) in [5, 5.41) is 8.26. The molecule has 1 amide bonds. The van der Waals surface area contributed by atoms with E-state index in [2.05, 4.69) is 29.2 Å². The number of rotatable bonds is 9. The molecule has 0 aliphatic carbocycles. The second-order valence-electron chi connectivity index (χ2n) is 8.44. The van der Waals surface area contributed by atoms with Crippen LogP contribution in [0.1, 0.15) is 31.1 Å². The number of fused-ring (bicyclic) bond motifs is 1. The molecule has 7 nitrogen and oxygen atoms in total. The highest BCUT2D eigenvalue weighted by molar-refractivity contribution is 6.31. The van der Waals surface area contributed by atoms with Crippen LogP contribution in [-0.2, 0) is 11.3 Å². The van der Waals surface area contributed by atoms with Gasteiger partial charge in [0.05, 0.1) is 11.7 Å². The number of hydrogen-bond acceptors (Lipinski definition) is 4. The Morgan fingerprint density at radius 1 is 1.06 bits per heavy atom. The zero-order valence-corrected chi connectivity index (χ0v) is 21.0. The third-order valence-electron chi connectivity index (χ3n) is 6.32. The van der Waals surface area contributed by atoms with Crippen LogP contribution in [0.4, 0.5) is 0 Å². The van der Waals surface area contributed by atoms with Gasteiger partial charge in [0, 0.05) is 35.0 Å². The molecule has 8 heteroatoms. The van der Waals surface area contributed by atoms with Gasteiger partial charge in [-0.25, -0.2) is 0 Å². The number of likely N-dealkylation sites (N-methyl/N-ethyl adjacent to an activating group) is 1. The Morgan fingerprint density at radius 3 is 2.43 bits per heavy atom. The molecule has 0 spiro atoms. The number of aromatic nitrogens is 3. The minimum Gasteiger partial charge on any atom is -0.353 e. The van der Waals surface area contributed by atoms with Crippen molar-refractivity contribution in [1.82, 2.24) is 24.4 Å².